The minimum atomic E-state index is -0.798. The molecule has 1 aliphatic carbocycles. The van der Waals surface area contributed by atoms with Crippen molar-refractivity contribution >= 4 is 27.8 Å². The normalized spacial score (nSPS) is 26.7. The molecule has 0 spiro atoms. The first-order chi connectivity index (χ1) is 9.06. The van der Waals surface area contributed by atoms with Gasteiger partial charge in [-0.1, -0.05) is 0 Å². The molecule has 0 radical (unpaired) electrons. The maximum absolute atomic E-state index is 12.2. The smallest absolute Gasteiger partial charge is 0.308 e. The third kappa shape index (κ3) is 2.41. The summed E-state index contributed by atoms with van der Waals surface area (Å²) in [5, 5.41) is 9.27. The second kappa shape index (κ2) is 4.67. The number of likely N-dealkylation sites (tertiary alicyclic amines) is 1. The lowest BCUT2D eigenvalue weighted by Gasteiger charge is -2.14. The Balaban J connectivity index is 1.75. The predicted molar refractivity (Wildman–Crippen MR) is 69.7 cm³/mol. The van der Waals surface area contributed by atoms with Gasteiger partial charge in [-0.15, -0.1) is 0 Å². The van der Waals surface area contributed by atoms with E-state index in [2.05, 4.69) is 15.9 Å². The molecule has 1 aromatic rings. The van der Waals surface area contributed by atoms with Gasteiger partial charge < -0.3 is 14.4 Å². The van der Waals surface area contributed by atoms with Gasteiger partial charge in [0.25, 0.3) is 5.91 Å². The third-order valence-electron chi connectivity index (χ3n) is 3.98. The molecule has 0 bridgehead atoms. The minimum absolute atomic E-state index is 0.0971. The second-order valence-electron chi connectivity index (χ2n) is 5.26. The predicted octanol–water partition coefficient (Wildman–Crippen LogP) is 2.22. The number of carboxylic acids is 1. The largest absolute Gasteiger partial charge is 0.481 e. The van der Waals surface area contributed by atoms with Gasteiger partial charge in [0.05, 0.1) is 5.92 Å². The number of carbonyl (C=O) groups excluding carboxylic acids is 1. The molecule has 1 N–H and O–H groups in total. The van der Waals surface area contributed by atoms with Crippen molar-refractivity contribution in [1.82, 2.24) is 4.90 Å². The fraction of sp³-hybridized carbons (Fsp3) is 0.538. The average molecular weight is 328 g/mol. The molecular weight excluding hydrogens is 314 g/mol. The van der Waals surface area contributed by atoms with Crippen LogP contribution >= 0.6 is 15.9 Å². The summed E-state index contributed by atoms with van der Waals surface area (Å²) in [5.41, 5.74) is 0. The van der Waals surface area contributed by atoms with E-state index in [1.54, 1.807) is 17.0 Å². The standard InChI is InChI=1S/C13H14BrNO4/c14-11-4-3-10(19-11)12(16)15-5-8(7-1-2-7)9(6-15)13(17)18/h3-4,7-9H,1-2,5-6H2,(H,17,18)/t8-,9+/m1/s1. The summed E-state index contributed by atoms with van der Waals surface area (Å²) in [6.07, 6.45) is 2.17. The van der Waals surface area contributed by atoms with Crippen LogP contribution in [-0.2, 0) is 4.79 Å². The monoisotopic (exact) mass is 327 g/mol. The highest BCUT2D eigenvalue weighted by molar-refractivity contribution is 9.10. The molecule has 2 heterocycles. The van der Waals surface area contributed by atoms with Crippen molar-refractivity contribution in [1.29, 1.82) is 0 Å². The maximum Gasteiger partial charge on any atom is 0.308 e. The van der Waals surface area contributed by atoms with Crippen LogP contribution in [0, 0.1) is 17.8 Å². The van der Waals surface area contributed by atoms with Crippen LogP contribution in [0.5, 0.6) is 0 Å². The number of furan rings is 1. The van der Waals surface area contributed by atoms with Crippen LogP contribution in [0.2, 0.25) is 0 Å². The number of aliphatic carboxylic acids is 1. The number of hydrogen-bond donors (Lipinski definition) is 1. The van der Waals surface area contributed by atoms with E-state index in [0.717, 1.165) is 12.8 Å². The van der Waals surface area contributed by atoms with E-state index >= 15 is 0 Å². The van der Waals surface area contributed by atoms with Crippen molar-refractivity contribution in [2.75, 3.05) is 13.1 Å². The van der Waals surface area contributed by atoms with Crippen LogP contribution < -0.4 is 0 Å². The van der Waals surface area contributed by atoms with Gasteiger partial charge in [-0.05, 0) is 52.7 Å². The minimum Gasteiger partial charge on any atom is -0.481 e. The molecule has 1 aliphatic heterocycles. The number of amides is 1. The number of hydrogen-bond acceptors (Lipinski definition) is 3. The molecule has 3 rings (SSSR count). The van der Waals surface area contributed by atoms with Crippen LogP contribution in [-0.4, -0.2) is 35.0 Å². The molecule has 2 atom stereocenters. The summed E-state index contributed by atoms with van der Waals surface area (Å²) >= 11 is 3.16. The number of nitrogens with zero attached hydrogens (tertiary/aromatic N) is 1. The van der Waals surface area contributed by atoms with Gasteiger partial charge in [-0.2, -0.15) is 0 Å². The Morgan fingerprint density at radius 1 is 1.32 bits per heavy atom. The van der Waals surface area contributed by atoms with Crippen LogP contribution in [0.1, 0.15) is 23.4 Å². The summed E-state index contributed by atoms with van der Waals surface area (Å²) in [6, 6.07) is 3.27. The first-order valence-corrected chi connectivity index (χ1v) is 7.13. The van der Waals surface area contributed by atoms with Crippen LogP contribution in [0.15, 0.2) is 21.2 Å². The van der Waals surface area contributed by atoms with Crippen molar-refractivity contribution < 1.29 is 19.1 Å². The fourth-order valence-corrected chi connectivity index (χ4v) is 3.15. The lowest BCUT2D eigenvalue weighted by molar-refractivity contribution is -0.142. The number of rotatable bonds is 3. The van der Waals surface area contributed by atoms with E-state index in [-0.39, 0.29) is 24.1 Å². The highest BCUT2D eigenvalue weighted by Crippen LogP contribution is 2.44. The van der Waals surface area contributed by atoms with Crippen LogP contribution in [0.4, 0.5) is 0 Å². The lowest BCUT2D eigenvalue weighted by Crippen LogP contribution is -2.29. The van der Waals surface area contributed by atoms with Crippen LogP contribution in [0.3, 0.4) is 0 Å². The van der Waals surface area contributed by atoms with Gasteiger partial charge in [0.1, 0.15) is 0 Å². The van der Waals surface area contributed by atoms with Crippen molar-refractivity contribution in [3.8, 4) is 0 Å². The highest BCUT2D eigenvalue weighted by atomic mass is 79.9. The van der Waals surface area contributed by atoms with E-state index in [9.17, 15) is 14.7 Å². The molecular formula is C13H14BrNO4. The van der Waals surface area contributed by atoms with Gasteiger partial charge in [0.2, 0.25) is 0 Å². The van der Waals surface area contributed by atoms with Crippen molar-refractivity contribution in [3.05, 3.63) is 22.6 Å². The molecule has 19 heavy (non-hydrogen) atoms. The molecule has 102 valence electrons. The Bertz CT molecular complexity index is 522. The van der Waals surface area contributed by atoms with Gasteiger partial charge >= 0.3 is 5.97 Å². The van der Waals surface area contributed by atoms with Gasteiger partial charge in [-0.25, -0.2) is 0 Å². The SMILES string of the molecule is O=C(O)[C@H]1CN(C(=O)c2ccc(Br)o2)C[C@@H]1C1CC1. The molecule has 6 heteroatoms. The van der Waals surface area contributed by atoms with E-state index in [0.29, 0.717) is 17.1 Å². The maximum atomic E-state index is 12.2. The molecule has 1 saturated heterocycles. The summed E-state index contributed by atoms with van der Waals surface area (Å²) < 4.78 is 5.75. The first kappa shape index (κ1) is 12.7. The van der Waals surface area contributed by atoms with Crippen molar-refractivity contribution in [2.24, 2.45) is 17.8 Å². The van der Waals surface area contributed by atoms with E-state index in [1.807, 2.05) is 0 Å². The fourth-order valence-electron chi connectivity index (χ4n) is 2.84. The third-order valence-corrected chi connectivity index (χ3v) is 4.41. The zero-order valence-electron chi connectivity index (χ0n) is 10.2. The van der Waals surface area contributed by atoms with Crippen molar-refractivity contribution in [2.45, 2.75) is 12.8 Å². The topological polar surface area (TPSA) is 70.8 Å². The van der Waals surface area contributed by atoms with E-state index < -0.39 is 11.9 Å². The second-order valence-corrected chi connectivity index (χ2v) is 6.04. The Hall–Kier alpha value is -1.30. The molecule has 1 aromatic heterocycles. The zero-order valence-corrected chi connectivity index (χ0v) is 11.8. The Morgan fingerprint density at radius 3 is 2.58 bits per heavy atom. The molecule has 0 aromatic carbocycles. The van der Waals surface area contributed by atoms with E-state index in [4.69, 9.17) is 4.42 Å². The summed E-state index contributed by atoms with van der Waals surface area (Å²) in [5.74, 6) is -0.627. The molecule has 1 saturated carbocycles. The zero-order chi connectivity index (χ0) is 13.6. The molecule has 5 nitrogen and oxygen atoms in total. The Labute approximate surface area is 118 Å². The average Bonchev–Trinajstić information content (AvgIpc) is 2.96. The van der Waals surface area contributed by atoms with Gasteiger partial charge in [0, 0.05) is 13.1 Å². The molecule has 0 unspecified atom stereocenters. The molecule has 1 amide bonds. The molecule has 2 aliphatic rings. The summed E-state index contributed by atoms with van der Waals surface area (Å²) in [6.45, 7) is 0.812. The summed E-state index contributed by atoms with van der Waals surface area (Å²) in [4.78, 5) is 25.1. The number of halogens is 1. The number of carboxylic acid groups (broad SMARTS) is 1. The Morgan fingerprint density at radius 2 is 2.05 bits per heavy atom. The number of carbonyl (C=O) groups is 2. The van der Waals surface area contributed by atoms with E-state index in [1.165, 1.54) is 0 Å². The first-order valence-electron chi connectivity index (χ1n) is 6.33. The molecule has 2 fully saturated rings. The summed E-state index contributed by atoms with van der Waals surface area (Å²) in [7, 11) is 0. The van der Waals surface area contributed by atoms with Gasteiger partial charge in [0.15, 0.2) is 10.4 Å². The van der Waals surface area contributed by atoms with Gasteiger partial charge in [-0.3, -0.25) is 9.59 Å². The van der Waals surface area contributed by atoms with Crippen molar-refractivity contribution in [3.63, 3.8) is 0 Å². The quantitative estimate of drug-likeness (QED) is 0.924. The Kier molecular flexibility index (Phi) is 3.12. The highest BCUT2D eigenvalue weighted by Gasteiger charge is 2.47. The van der Waals surface area contributed by atoms with Crippen LogP contribution in [0.25, 0.3) is 0 Å². The lowest BCUT2D eigenvalue weighted by atomic mass is 9.92.